The number of carbonyl (C=O) groups excluding carboxylic acids is 1. The number of anilines is 1. The van der Waals surface area contributed by atoms with Crippen LogP contribution in [0.1, 0.15) is 24.1 Å². The highest BCUT2D eigenvalue weighted by Gasteiger charge is 2.09. The Hall–Kier alpha value is -2.12. The molecule has 1 atom stereocenters. The second-order valence-corrected chi connectivity index (χ2v) is 8.28. The highest BCUT2D eigenvalue weighted by atomic mass is 79.9. The van der Waals surface area contributed by atoms with Crippen molar-refractivity contribution in [1.82, 2.24) is 5.32 Å². The molecule has 0 saturated heterocycles. The zero-order chi connectivity index (χ0) is 18.4. The summed E-state index contributed by atoms with van der Waals surface area (Å²) in [5.41, 5.74) is 2.18. The van der Waals surface area contributed by atoms with Crippen LogP contribution in [0.25, 0.3) is 6.08 Å². The van der Waals surface area contributed by atoms with E-state index in [1.54, 1.807) is 24.3 Å². The molecule has 7 heteroatoms. The Morgan fingerprint density at radius 3 is 2.56 bits per heavy atom. The molecular weight excluding hydrogens is 404 g/mol. The predicted molar refractivity (Wildman–Crippen MR) is 105 cm³/mol. The average Bonchev–Trinajstić information content (AvgIpc) is 2.51. The molecule has 0 saturated carbocycles. The van der Waals surface area contributed by atoms with Gasteiger partial charge in [-0.2, -0.15) is 0 Å². The molecule has 0 spiro atoms. The van der Waals surface area contributed by atoms with Gasteiger partial charge in [-0.15, -0.1) is 0 Å². The largest absolute Gasteiger partial charge is 0.346 e. The summed E-state index contributed by atoms with van der Waals surface area (Å²) in [5, 5.41) is 2.86. The lowest BCUT2D eigenvalue weighted by Crippen LogP contribution is -2.24. The van der Waals surface area contributed by atoms with Crippen LogP contribution in [0.3, 0.4) is 0 Å². The van der Waals surface area contributed by atoms with Crippen LogP contribution in [0.15, 0.2) is 59.1 Å². The first kappa shape index (κ1) is 19.2. The van der Waals surface area contributed by atoms with E-state index in [1.165, 1.54) is 6.08 Å². The van der Waals surface area contributed by atoms with Gasteiger partial charge >= 0.3 is 0 Å². The van der Waals surface area contributed by atoms with Gasteiger partial charge in [0.15, 0.2) is 0 Å². The molecule has 0 aliphatic rings. The minimum absolute atomic E-state index is 0.228. The first-order chi connectivity index (χ1) is 11.7. The van der Waals surface area contributed by atoms with Gasteiger partial charge < -0.3 is 5.32 Å². The van der Waals surface area contributed by atoms with E-state index in [2.05, 4.69) is 26.0 Å². The topological polar surface area (TPSA) is 75.3 Å². The maximum Gasteiger partial charge on any atom is 0.244 e. The molecule has 0 radical (unpaired) electrons. The molecule has 0 fully saturated rings. The van der Waals surface area contributed by atoms with E-state index in [-0.39, 0.29) is 11.9 Å². The quantitative estimate of drug-likeness (QED) is 0.696. The smallest absolute Gasteiger partial charge is 0.244 e. The zero-order valence-corrected chi connectivity index (χ0v) is 16.3. The van der Waals surface area contributed by atoms with E-state index in [1.807, 2.05) is 37.3 Å². The number of hydrogen-bond donors (Lipinski definition) is 2. The van der Waals surface area contributed by atoms with Crippen LogP contribution in [-0.4, -0.2) is 20.6 Å². The molecule has 5 nitrogen and oxygen atoms in total. The number of nitrogens with one attached hydrogen (secondary N) is 2. The third kappa shape index (κ3) is 6.72. The van der Waals surface area contributed by atoms with Gasteiger partial charge in [-0.1, -0.05) is 40.2 Å². The monoisotopic (exact) mass is 422 g/mol. The van der Waals surface area contributed by atoms with Crippen molar-refractivity contribution < 1.29 is 13.2 Å². The molecule has 2 N–H and O–H groups in total. The molecule has 0 heterocycles. The SMILES string of the molecule is C[C@@H](NC(=O)/C=C/c1cccc(Br)c1)c1cccc(NS(C)(=O)=O)c1. The molecule has 0 aliphatic carbocycles. The van der Waals surface area contributed by atoms with Gasteiger partial charge in [-0.3, -0.25) is 9.52 Å². The molecule has 1 amide bonds. The van der Waals surface area contributed by atoms with Gasteiger partial charge in [0.05, 0.1) is 12.3 Å². The molecule has 2 aromatic carbocycles. The van der Waals surface area contributed by atoms with Crippen molar-refractivity contribution in [1.29, 1.82) is 0 Å². The van der Waals surface area contributed by atoms with Gasteiger partial charge in [0.1, 0.15) is 0 Å². The minimum Gasteiger partial charge on any atom is -0.346 e. The summed E-state index contributed by atoms with van der Waals surface area (Å²) in [4.78, 5) is 12.1. The Bertz CT molecular complexity index is 895. The van der Waals surface area contributed by atoms with Crippen molar-refractivity contribution in [2.45, 2.75) is 13.0 Å². The van der Waals surface area contributed by atoms with E-state index in [9.17, 15) is 13.2 Å². The van der Waals surface area contributed by atoms with E-state index in [4.69, 9.17) is 0 Å². The van der Waals surface area contributed by atoms with Crippen LogP contribution < -0.4 is 10.0 Å². The lowest BCUT2D eigenvalue weighted by molar-refractivity contribution is -0.117. The van der Waals surface area contributed by atoms with Gasteiger partial charge in [-0.05, 0) is 48.4 Å². The molecule has 2 aromatic rings. The molecule has 0 aliphatic heterocycles. The number of halogens is 1. The number of rotatable bonds is 6. The number of amides is 1. The number of benzene rings is 2. The first-order valence-corrected chi connectivity index (χ1v) is 10.2. The van der Waals surface area contributed by atoms with Crippen LogP contribution in [0.4, 0.5) is 5.69 Å². The molecule has 0 bridgehead atoms. The molecular formula is C18H19BrN2O3S. The average molecular weight is 423 g/mol. The standard InChI is InChI=1S/C18H19BrN2O3S/c1-13(15-6-4-8-17(12-15)21-25(2,23)24)20-18(22)10-9-14-5-3-7-16(19)11-14/h3-13,21H,1-2H3,(H,20,22)/b10-9+/t13-/m1/s1. The lowest BCUT2D eigenvalue weighted by Gasteiger charge is -2.14. The maximum atomic E-state index is 12.1. The number of carbonyl (C=O) groups is 1. The normalized spacial score (nSPS) is 12.8. The van der Waals surface area contributed by atoms with E-state index >= 15 is 0 Å². The Morgan fingerprint density at radius 1 is 1.16 bits per heavy atom. The van der Waals surface area contributed by atoms with Crippen LogP contribution in [0, 0.1) is 0 Å². The van der Waals surface area contributed by atoms with Gasteiger partial charge in [0, 0.05) is 16.2 Å². The predicted octanol–water partition coefficient (Wildman–Crippen LogP) is 3.71. The van der Waals surface area contributed by atoms with E-state index < -0.39 is 10.0 Å². The highest BCUT2D eigenvalue weighted by Crippen LogP contribution is 2.18. The summed E-state index contributed by atoms with van der Waals surface area (Å²) in [5.74, 6) is -0.228. The van der Waals surface area contributed by atoms with Crippen LogP contribution in [0.2, 0.25) is 0 Å². The van der Waals surface area contributed by atoms with Crippen LogP contribution >= 0.6 is 15.9 Å². The summed E-state index contributed by atoms with van der Waals surface area (Å²) < 4.78 is 26.0. The third-order valence-corrected chi connectivity index (χ3v) is 4.42. The van der Waals surface area contributed by atoms with Crippen molar-refractivity contribution in [3.05, 3.63) is 70.2 Å². The molecule has 0 unspecified atom stereocenters. The highest BCUT2D eigenvalue weighted by molar-refractivity contribution is 9.10. The lowest BCUT2D eigenvalue weighted by atomic mass is 10.1. The molecule has 132 valence electrons. The minimum atomic E-state index is -3.34. The summed E-state index contributed by atoms with van der Waals surface area (Å²) in [7, 11) is -3.34. The Labute approximate surface area is 156 Å². The second-order valence-electron chi connectivity index (χ2n) is 5.62. The second kappa shape index (κ2) is 8.31. The summed E-state index contributed by atoms with van der Waals surface area (Å²) in [6.07, 6.45) is 4.29. The van der Waals surface area contributed by atoms with Crippen molar-refractivity contribution >= 4 is 43.6 Å². The molecule has 25 heavy (non-hydrogen) atoms. The van der Waals surface area contributed by atoms with Crippen molar-refractivity contribution in [3.63, 3.8) is 0 Å². The molecule has 0 aromatic heterocycles. The zero-order valence-electron chi connectivity index (χ0n) is 13.9. The van der Waals surface area contributed by atoms with Crippen LogP contribution in [-0.2, 0) is 14.8 Å². The number of sulfonamides is 1. The fourth-order valence-electron chi connectivity index (χ4n) is 2.21. The van der Waals surface area contributed by atoms with Gasteiger partial charge in [0.2, 0.25) is 15.9 Å². The van der Waals surface area contributed by atoms with Gasteiger partial charge in [0.25, 0.3) is 0 Å². The Morgan fingerprint density at radius 2 is 1.88 bits per heavy atom. The summed E-state index contributed by atoms with van der Waals surface area (Å²) in [6.45, 7) is 1.84. The van der Waals surface area contributed by atoms with Crippen LogP contribution in [0.5, 0.6) is 0 Å². The van der Waals surface area contributed by atoms with Crippen molar-refractivity contribution in [2.75, 3.05) is 11.0 Å². The van der Waals surface area contributed by atoms with Crippen molar-refractivity contribution in [3.8, 4) is 0 Å². The summed E-state index contributed by atoms with van der Waals surface area (Å²) >= 11 is 3.38. The van der Waals surface area contributed by atoms with Crippen molar-refractivity contribution in [2.24, 2.45) is 0 Å². The fourth-order valence-corrected chi connectivity index (χ4v) is 3.18. The summed E-state index contributed by atoms with van der Waals surface area (Å²) in [6, 6.07) is 14.3. The Kier molecular flexibility index (Phi) is 6.39. The maximum absolute atomic E-state index is 12.1. The van der Waals surface area contributed by atoms with E-state index in [0.717, 1.165) is 21.9 Å². The fraction of sp³-hybridized carbons (Fsp3) is 0.167. The number of hydrogen-bond acceptors (Lipinski definition) is 3. The first-order valence-electron chi connectivity index (χ1n) is 7.55. The van der Waals surface area contributed by atoms with Gasteiger partial charge in [-0.25, -0.2) is 8.42 Å². The Balaban J connectivity index is 2.02. The van der Waals surface area contributed by atoms with E-state index in [0.29, 0.717) is 5.69 Å². The molecule has 2 rings (SSSR count). The third-order valence-electron chi connectivity index (χ3n) is 3.32.